The van der Waals surface area contributed by atoms with E-state index in [4.69, 9.17) is 9.47 Å². The van der Waals surface area contributed by atoms with Crippen LogP contribution in [0.4, 0.5) is 0 Å². The predicted octanol–water partition coefficient (Wildman–Crippen LogP) is 2.73. The lowest BCUT2D eigenvalue weighted by molar-refractivity contribution is 0.0676. The molecule has 1 fully saturated rings. The standard InChI is InChI=1S/C13H18BrNO2/c1-15-8-10-7-11(14)4-5-13(10)17-9-12-3-2-6-16-12/h4-5,7,12,15H,2-3,6,8-9H2,1H3. The summed E-state index contributed by atoms with van der Waals surface area (Å²) >= 11 is 3.48. The summed E-state index contributed by atoms with van der Waals surface area (Å²) in [5.74, 6) is 0.943. The first-order chi connectivity index (χ1) is 8.29. The molecule has 1 aliphatic rings. The van der Waals surface area contributed by atoms with Gasteiger partial charge in [-0.15, -0.1) is 0 Å². The summed E-state index contributed by atoms with van der Waals surface area (Å²) in [6.45, 7) is 2.33. The van der Waals surface area contributed by atoms with Crippen LogP contribution in [0.2, 0.25) is 0 Å². The number of rotatable bonds is 5. The van der Waals surface area contributed by atoms with Crippen LogP contribution < -0.4 is 10.1 Å². The van der Waals surface area contributed by atoms with Crippen molar-refractivity contribution in [3.8, 4) is 5.75 Å². The smallest absolute Gasteiger partial charge is 0.124 e. The van der Waals surface area contributed by atoms with Gasteiger partial charge in [-0.3, -0.25) is 0 Å². The van der Waals surface area contributed by atoms with E-state index >= 15 is 0 Å². The molecule has 1 atom stereocenters. The molecule has 1 saturated heterocycles. The monoisotopic (exact) mass is 299 g/mol. The molecule has 0 bridgehead atoms. The van der Waals surface area contributed by atoms with Crippen LogP contribution in [0.15, 0.2) is 22.7 Å². The first-order valence-electron chi connectivity index (χ1n) is 5.97. The highest BCUT2D eigenvalue weighted by Crippen LogP contribution is 2.24. The molecule has 1 unspecified atom stereocenters. The molecule has 0 amide bonds. The third-order valence-electron chi connectivity index (χ3n) is 2.84. The van der Waals surface area contributed by atoms with Gasteiger partial charge in [0.05, 0.1) is 6.10 Å². The molecule has 2 rings (SSSR count). The molecule has 0 spiro atoms. The third-order valence-corrected chi connectivity index (χ3v) is 3.33. The van der Waals surface area contributed by atoms with Gasteiger partial charge in [0.2, 0.25) is 0 Å². The Balaban J connectivity index is 1.98. The number of hydrogen-bond acceptors (Lipinski definition) is 3. The minimum absolute atomic E-state index is 0.265. The lowest BCUT2D eigenvalue weighted by Gasteiger charge is -2.14. The lowest BCUT2D eigenvalue weighted by atomic mass is 10.2. The van der Waals surface area contributed by atoms with Crippen LogP contribution in [-0.4, -0.2) is 26.4 Å². The largest absolute Gasteiger partial charge is 0.491 e. The molecule has 1 N–H and O–H groups in total. The van der Waals surface area contributed by atoms with Crippen LogP contribution in [-0.2, 0) is 11.3 Å². The molecule has 3 nitrogen and oxygen atoms in total. The van der Waals surface area contributed by atoms with Crippen LogP contribution in [0.3, 0.4) is 0 Å². The lowest BCUT2D eigenvalue weighted by Crippen LogP contribution is -2.17. The van der Waals surface area contributed by atoms with Crippen LogP contribution in [0, 0.1) is 0 Å². The van der Waals surface area contributed by atoms with Crippen LogP contribution in [0.25, 0.3) is 0 Å². The van der Waals surface area contributed by atoms with E-state index in [1.807, 2.05) is 19.2 Å². The minimum Gasteiger partial charge on any atom is -0.491 e. The minimum atomic E-state index is 0.265. The van der Waals surface area contributed by atoms with Crippen molar-refractivity contribution >= 4 is 15.9 Å². The van der Waals surface area contributed by atoms with Crippen molar-refractivity contribution < 1.29 is 9.47 Å². The molecule has 0 aliphatic carbocycles. The van der Waals surface area contributed by atoms with Gasteiger partial charge in [0.25, 0.3) is 0 Å². The molecule has 0 aromatic heterocycles. The molecule has 1 aromatic rings. The Labute approximate surface area is 111 Å². The summed E-state index contributed by atoms with van der Waals surface area (Å²) in [5.41, 5.74) is 1.17. The maximum Gasteiger partial charge on any atom is 0.124 e. The van der Waals surface area contributed by atoms with Crippen molar-refractivity contribution in [1.82, 2.24) is 5.32 Å². The van der Waals surface area contributed by atoms with E-state index < -0.39 is 0 Å². The highest BCUT2D eigenvalue weighted by Gasteiger charge is 2.16. The van der Waals surface area contributed by atoms with Gasteiger partial charge in [0, 0.05) is 23.2 Å². The first kappa shape index (κ1) is 12.9. The Hall–Kier alpha value is -0.580. The maximum atomic E-state index is 5.84. The maximum absolute atomic E-state index is 5.84. The van der Waals surface area contributed by atoms with Crippen molar-refractivity contribution in [2.75, 3.05) is 20.3 Å². The number of benzene rings is 1. The van der Waals surface area contributed by atoms with E-state index in [1.165, 1.54) is 5.56 Å². The highest BCUT2D eigenvalue weighted by atomic mass is 79.9. The number of halogens is 1. The summed E-state index contributed by atoms with van der Waals surface area (Å²) in [6, 6.07) is 6.09. The molecule has 1 aliphatic heterocycles. The molecule has 0 saturated carbocycles. The van der Waals surface area contributed by atoms with E-state index in [0.29, 0.717) is 6.61 Å². The molecule has 0 radical (unpaired) electrons. The van der Waals surface area contributed by atoms with Gasteiger partial charge in [-0.1, -0.05) is 15.9 Å². The predicted molar refractivity (Wildman–Crippen MR) is 71.4 cm³/mol. The second kappa shape index (κ2) is 6.38. The van der Waals surface area contributed by atoms with Crippen molar-refractivity contribution in [3.05, 3.63) is 28.2 Å². The second-order valence-corrected chi connectivity index (χ2v) is 5.14. The Kier molecular flexibility index (Phi) is 4.83. The average molecular weight is 300 g/mol. The number of ether oxygens (including phenoxy) is 2. The average Bonchev–Trinajstić information content (AvgIpc) is 2.81. The summed E-state index contributed by atoms with van der Waals surface area (Å²) in [4.78, 5) is 0. The van der Waals surface area contributed by atoms with E-state index in [0.717, 1.165) is 36.2 Å². The molecular weight excluding hydrogens is 282 g/mol. The van der Waals surface area contributed by atoms with Gasteiger partial charge >= 0.3 is 0 Å². The number of hydrogen-bond donors (Lipinski definition) is 1. The van der Waals surface area contributed by atoms with E-state index in [1.54, 1.807) is 0 Å². The number of nitrogens with one attached hydrogen (secondary N) is 1. The van der Waals surface area contributed by atoms with Crippen molar-refractivity contribution in [2.24, 2.45) is 0 Å². The molecule has 4 heteroatoms. The topological polar surface area (TPSA) is 30.5 Å². The van der Waals surface area contributed by atoms with Gasteiger partial charge in [-0.05, 0) is 38.1 Å². The van der Waals surface area contributed by atoms with Crippen LogP contribution >= 0.6 is 15.9 Å². The summed E-state index contributed by atoms with van der Waals surface area (Å²) < 4.78 is 12.5. The zero-order valence-corrected chi connectivity index (χ0v) is 11.6. The Morgan fingerprint density at radius 2 is 2.41 bits per heavy atom. The summed E-state index contributed by atoms with van der Waals surface area (Å²) in [6.07, 6.45) is 2.52. The second-order valence-electron chi connectivity index (χ2n) is 4.23. The van der Waals surface area contributed by atoms with E-state index in [-0.39, 0.29) is 6.10 Å². The van der Waals surface area contributed by atoms with E-state index in [9.17, 15) is 0 Å². The van der Waals surface area contributed by atoms with Crippen molar-refractivity contribution in [1.29, 1.82) is 0 Å². The molecule has 1 aromatic carbocycles. The zero-order valence-electron chi connectivity index (χ0n) is 10.0. The van der Waals surface area contributed by atoms with Gasteiger partial charge in [0.15, 0.2) is 0 Å². The third kappa shape index (κ3) is 3.69. The zero-order chi connectivity index (χ0) is 12.1. The van der Waals surface area contributed by atoms with Crippen LogP contribution in [0.1, 0.15) is 18.4 Å². The normalized spacial score (nSPS) is 19.5. The van der Waals surface area contributed by atoms with Gasteiger partial charge < -0.3 is 14.8 Å². The van der Waals surface area contributed by atoms with E-state index in [2.05, 4.69) is 27.3 Å². The first-order valence-corrected chi connectivity index (χ1v) is 6.76. The fourth-order valence-electron chi connectivity index (χ4n) is 1.98. The fourth-order valence-corrected chi connectivity index (χ4v) is 2.38. The Bertz CT molecular complexity index is 364. The molecule has 17 heavy (non-hydrogen) atoms. The summed E-state index contributed by atoms with van der Waals surface area (Å²) in [5, 5.41) is 3.15. The Morgan fingerprint density at radius 1 is 1.53 bits per heavy atom. The molecule has 94 valence electrons. The molecular formula is C13H18BrNO2. The SMILES string of the molecule is CNCc1cc(Br)ccc1OCC1CCCO1. The molecule has 1 heterocycles. The quantitative estimate of drug-likeness (QED) is 0.907. The van der Waals surface area contributed by atoms with Crippen molar-refractivity contribution in [2.45, 2.75) is 25.5 Å². The van der Waals surface area contributed by atoms with Crippen LogP contribution in [0.5, 0.6) is 5.75 Å². The van der Waals surface area contributed by atoms with Gasteiger partial charge in [0.1, 0.15) is 12.4 Å². The van der Waals surface area contributed by atoms with Gasteiger partial charge in [-0.2, -0.15) is 0 Å². The van der Waals surface area contributed by atoms with Crippen molar-refractivity contribution in [3.63, 3.8) is 0 Å². The Morgan fingerprint density at radius 3 is 3.12 bits per heavy atom. The fraction of sp³-hybridized carbons (Fsp3) is 0.538. The summed E-state index contributed by atoms with van der Waals surface area (Å²) in [7, 11) is 1.94. The highest BCUT2D eigenvalue weighted by molar-refractivity contribution is 9.10. The van der Waals surface area contributed by atoms with Gasteiger partial charge in [-0.25, -0.2) is 0 Å².